The minimum absolute atomic E-state index is 0.103. The maximum atomic E-state index is 13.1. The van der Waals surface area contributed by atoms with Crippen molar-refractivity contribution in [2.45, 2.75) is 19.4 Å². The average molecular weight is 413 g/mol. The fourth-order valence-electron chi connectivity index (χ4n) is 3.58. The summed E-state index contributed by atoms with van der Waals surface area (Å²) in [5.74, 6) is 0.343. The molecule has 0 saturated carbocycles. The molecular formula is C24H23N5O2. The van der Waals surface area contributed by atoms with Crippen molar-refractivity contribution in [2.75, 3.05) is 23.3 Å². The number of piperidine rings is 1. The molecule has 1 saturated heterocycles. The lowest BCUT2D eigenvalue weighted by molar-refractivity contribution is 0.102. The van der Waals surface area contributed by atoms with Crippen LogP contribution in [-0.2, 0) is 6.61 Å². The highest BCUT2D eigenvalue weighted by atomic mass is 16.5. The van der Waals surface area contributed by atoms with Crippen LogP contribution >= 0.6 is 0 Å². The summed E-state index contributed by atoms with van der Waals surface area (Å²) in [6.45, 7) is 1.94. The summed E-state index contributed by atoms with van der Waals surface area (Å²) in [4.78, 5) is 15.3. The maximum absolute atomic E-state index is 13.1. The molecule has 2 heterocycles. The van der Waals surface area contributed by atoms with E-state index >= 15 is 0 Å². The number of carbonyl (C=O) groups excluding carboxylic acids is 1. The van der Waals surface area contributed by atoms with Crippen LogP contribution in [0.4, 0.5) is 11.4 Å². The van der Waals surface area contributed by atoms with E-state index < -0.39 is 0 Å². The molecule has 31 heavy (non-hydrogen) atoms. The second-order valence-electron chi connectivity index (χ2n) is 7.43. The first kappa shape index (κ1) is 20.4. The van der Waals surface area contributed by atoms with Gasteiger partial charge in [-0.05, 0) is 42.7 Å². The van der Waals surface area contributed by atoms with E-state index in [4.69, 9.17) is 10.00 Å². The number of anilines is 2. The molecule has 4 rings (SSSR count). The molecule has 0 unspecified atom stereocenters. The summed E-state index contributed by atoms with van der Waals surface area (Å²) >= 11 is 0. The van der Waals surface area contributed by atoms with Crippen LogP contribution < -0.4 is 15.0 Å². The Hall–Kier alpha value is -3.92. The highest BCUT2D eigenvalue weighted by molar-refractivity contribution is 6.06. The standard InChI is InChI=1S/C24H23N5O2/c25-15-18-9-12-29(13-10-18)21-6-7-23(31-17-19-4-2-1-3-5-19)22(14-21)24(30)28-20-8-11-26-27-16-20/h1-8,11,14,16,18H,9-10,12-13,17H2,(H,26,28,30). The molecular weight excluding hydrogens is 390 g/mol. The fraction of sp³-hybridized carbons (Fsp3) is 0.250. The SMILES string of the molecule is N#CC1CCN(c2ccc(OCc3ccccc3)c(C(=O)Nc3ccnnc3)c2)CC1. The Bertz CT molecular complexity index is 1060. The molecule has 2 aromatic carbocycles. The predicted octanol–water partition coefficient (Wildman–Crippen LogP) is 4.05. The maximum Gasteiger partial charge on any atom is 0.259 e. The third-order valence-electron chi connectivity index (χ3n) is 5.33. The van der Waals surface area contributed by atoms with Crippen LogP contribution in [0.3, 0.4) is 0 Å². The molecule has 156 valence electrons. The molecule has 1 amide bonds. The molecule has 1 N–H and O–H groups in total. The van der Waals surface area contributed by atoms with Gasteiger partial charge in [-0.1, -0.05) is 30.3 Å². The van der Waals surface area contributed by atoms with Gasteiger partial charge in [0.05, 0.1) is 29.7 Å². The van der Waals surface area contributed by atoms with Crippen molar-refractivity contribution in [2.24, 2.45) is 5.92 Å². The van der Waals surface area contributed by atoms with Crippen molar-refractivity contribution in [1.82, 2.24) is 10.2 Å². The molecule has 1 fully saturated rings. The summed E-state index contributed by atoms with van der Waals surface area (Å²) in [5, 5.41) is 19.6. The van der Waals surface area contributed by atoms with E-state index in [2.05, 4.69) is 26.5 Å². The van der Waals surface area contributed by atoms with Crippen molar-refractivity contribution in [1.29, 1.82) is 5.26 Å². The summed E-state index contributed by atoms with van der Waals surface area (Å²) < 4.78 is 6.01. The van der Waals surface area contributed by atoms with Gasteiger partial charge in [0.1, 0.15) is 12.4 Å². The summed E-state index contributed by atoms with van der Waals surface area (Å²) in [7, 11) is 0. The van der Waals surface area contributed by atoms with Gasteiger partial charge >= 0.3 is 0 Å². The first-order valence-electron chi connectivity index (χ1n) is 10.3. The van der Waals surface area contributed by atoms with E-state index in [1.165, 1.54) is 12.4 Å². The van der Waals surface area contributed by atoms with Crippen LogP contribution in [0.1, 0.15) is 28.8 Å². The average Bonchev–Trinajstić information content (AvgIpc) is 2.84. The monoisotopic (exact) mass is 413 g/mol. The van der Waals surface area contributed by atoms with E-state index in [0.29, 0.717) is 23.6 Å². The number of hydrogen-bond donors (Lipinski definition) is 1. The normalized spacial score (nSPS) is 14.0. The number of benzene rings is 2. The molecule has 3 aromatic rings. The van der Waals surface area contributed by atoms with Crippen LogP contribution in [0.25, 0.3) is 0 Å². The Morgan fingerprint density at radius 2 is 1.94 bits per heavy atom. The Labute approximate surface area is 181 Å². The van der Waals surface area contributed by atoms with Gasteiger partial charge in [0.15, 0.2) is 0 Å². The van der Waals surface area contributed by atoms with Gasteiger partial charge in [-0.2, -0.15) is 15.5 Å². The molecule has 1 aliphatic heterocycles. The lowest BCUT2D eigenvalue weighted by Gasteiger charge is -2.31. The van der Waals surface area contributed by atoms with Gasteiger partial charge in [0.25, 0.3) is 5.91 Å². The second kappa shape index (κ2) is 9.72. The molecule has 0 radical (unpaired) electrons. The Morgan fingerprint density at radius 3 is 2.65 bits per heavy atom. The topological polar surface area (TPSA) is 91.1 Å². The van der Waals surface area contributed by atoms with Crippen LogP contribution in [-0.4, -0.2) is 29.2 Å². The van der Waals surface area contributed by atoms with Gasteiger partial charge in [-0.15, -0.1) is 0 Å². The van der Waals surface area contributed by atoms with Gasteiger partial charge in [-0.3, -0.25) is 4.79 Å². The Morgan fingerprint density at radius 1 is 1.13 bits per heavy atom. The Kier molecular flexibility index (Phi) is 6.38. The summed E-state index contributed by atoms with van der Waals surface area (Å²) in [6.07, 6.45) is 4.68. The van der Waals surface area contributed by atoms with Crippen molar-refractivity contribution < 1.29 is 9.53 Å². The number of rotatable bonds is 6. The highest BCUT2D eigenvalue weighted by Gasteiger charge is 2.21. The van der Waals surface area contributed by atoms with Crippen molar-refractivity contribution in [3.05, 3.63) is 78.1 Å². The van der Waals surface area contributed by atoms with Crippen LogP contribution in [0.5, 0.6) is 5.75 Å². The van der Waals surface area contributed by atoms with Crippen LogP contribution in [0, 0.1) is 17.2 Å². The highest BCUT2D eigenvalue weighted by Crippen LogP contribution is 2.29. The first-order chi connectivity index (χ1) is 15.2. The fourth-order valence-corrected chi connectivity index (χ4v) is 3.58. The van der Waals surface area contributed by atoms with Gasteiger partial charge in [0.2, 0.25) is 0 Å². The zero-order valence-electron chi connectivity index (χ0n) is 17.1. The molecule has 7 heteroatoms. The van der Waals surface area contributed by atoms with E-state index in [9.17, 15) is 4.79 Å². The van der Waals surface area contributed by atoms with Gasteiger partial charge < -0.3 is 15.0 Å². The van der Waals surface area contributed by atoms with E-state index in [-0.39, 0.29) is 11.8 Å². The van der Waals surface area contributed by atoms with Crippen LogP contribution in [0.15, 0.2) is 67.0 Å². The minimum atomic E-state index is -0.273. The van der Waals surface area contributed by atoms with Crippen molar-refractivity contribution in [3.8, 4) is 11.8 Å². The molecule has 7 nitrogen and oxygen atoms in total. The molecule has 1 aromatic heterocycles. The Balaban J connectivity index is 1.57. The van der Waals surface area contributed by atoms with Crippen molar-refractivity contribution in [3.63, 3.8) is 0 Å². The number of hydrogen-bond acceptors (Lipinski definition) is 6. The van der Waals surface area contributed by atoms with Crippen LogP contribution in [0.2, 0.25) is 0 Å². The zero-order chi connectivity index (χ0) is 21.5. The van der Waals surface area contributed by atoms with E-state index in [0.717, 1.165) is 37.2 Å². The van der Waals surface area contributed by atoms with E-state index in [1.807, 2.05) is 48.5 Å². The molecule has 1 aliphatic rings. The number of aromatic nitrogens is 2. The van der Waals surface area contributed by atoms with Gasteiger partial charge in [-0.25, -0.2) is 0 Å². The molecule has 0 bridgehead atoms. The number of nitrogens with zero attached hydrogens (tertiary/aromatic N) is 4. The third kappa shape index (κ3) is 5.17. The number of nitrogens with one attached hydrogen (secondary N) is 1. The zero-order valence-corrected chi connectivity index (χ0v) is 17.1. The quantitative estimate of drug-likeness (QED) is 0.656. The van der Waals surface area contributed by atoms with E-state index in [1.54, 1.807) is 6.07 Å². The number of nitriles is 1. The number of carbonyl (C=O) groups is 1. The summed E-state index contributed by atoms with van der Waals surface area (Å²) in [6, 6.07) is 19.5. The minimum Gasteiger partial charge on any atom is -0.488 e. The van der Waals surface area contributed by atoms with Crippen molar-refractivity contribution >= 4 is 17.3 Å². The third-order valence-corrected chi connectivity index (χ3v) is 5.33. The van der Waals surface area contributed by atoms with Gasteiger partial charge in [0, 0.05) is 24.7 Å². The number of ether oxygens (including phenoxy) is 1. The molecule has 0 spiro atoms. The number of amides is 1. The predicted molar refractivity (Wildman–Crippen MR) is 118 cm³/mol. The molecule has 0 aliphatic carbocycles. The second-order valence-corrected chi connectivity index (χ2v) is 7.43. The smallest absolute Gasteiger partial charge is 0.259 e. The lowest BCUT2D eigenvalue weighted by Crippen LogP contribution is -2.33. The molecule has 0 atom stereocenters. The first-order valence-corrected chi connectivity index (χ1v) is 10.3. The largest absolute Gasteiger partial charge is 0.488 e. The lowest BCUT2D eigenvalue weighted by atomic mass is 9.98. The summed E-state index contributed by atoms with van der Waals surface area (Å²) in [5.41, 5.74) is 2.98.